The van der Waals surface area contributed by atoms with Gasteiger partial charge in [-0.05, 0) is 12.8 Å². The zero-order valence-corrected chi connectivity index (χ0v) is 12.8. The lowest BCUT2D eigenvalue weighted by atomic mass is 9.88. The summed E-state index contributed by atoms with van der Waals surface area (Å²) in [6, 6.07) is 0. The Balaban J connectivity index is 4.90. The van der Waals surface area contributed by atoms with Crippen LogP contribution in [-0.4, -0.2) is 18.0 Å². The molecule has 0 rings (SSSR count). The van der Waals surface area contributed by atoms with Crippen LogP contribution >= 0.6 is 0 Å². The summed E-state index contributed by atoms with van der Waals surface area (Å²) in [5.41, 5.74) is 10.2. The summed E-state index contributed by atoms with van der Waals surface area (Å²) in [4.78, 5) is 22.2. The smallest absolute Gasteiger partial charge is 0.406 e. The van der Waals surface area contributed by atoms with E-state index in [0.717, 1.165) is 32.1 Å². The molecule has 0 aliphatic rings. The Hall–Kier alpha value is -1.46. The molecule has 6 heteroatoms. The lowest BCUT2D eigenvalue weighted by Crippen LogP contribution is -2.48. The van der Waals surface area contributed by atoms with Crippen molar-refractivity contribution in [1.29, 1.82) is 0 Å². The van der Waals surface area contributed by atoms with E-state index >= 15 is 0 Å². The molecule has 20 heavy (non-hydrogen) atoms. The summed E-state index contributed by atoms with van der Waals surface area (Å²) >= 11 is 0. The minimum atomic E-state index is -1.35. The molecule has 0 saturated carbocycles. The number of unbranched alkanes of at least 4 members (excludes halogenated alkanes) is 3. The molecule has 0 aliphatic heterocycles. The van der Waals surface area contributed by atoms with Gasteiger partial charge >= 0.3 is 12.2 Å². The van der Waals surface area contributed by atoms with Gasteiger partial charge in [-0.25, -0.2) is 9.59 Å². The van der Waals surface area contributed by atoms with Gasteiger partial charge in [0.15, 0.2) is 0 Å². The summed E-state index contributed by atoms with van der Waals surface area (Å²) in [6.07, 6.45) is 4.29. The number of amides is 2. The van der Waals surface area contributed by atoms with E-state index in [1.807, 2.05) is 6.92 Å². The fourth-order valence-electron chi connectivity index (χ4n) is 2.51. The Bertz CT molecular complexity index is 292. The fourth-order valence-corrected chi connectivity index (χ4v) is 2.51. The predicted octanol–water partition coefficient (Wildman–Crippen LogP) is 3.28. The molecular formula is C14H28N2O4. The number of ether oxygens (including phenoxy) is 2. The maximum atomic E-state index is 11.1. The van der Waals surface area contributed by atoms with E-state index in [9.17, 15) is 9.59 Å². The van der Waals surface area contributed by atoms with E-state index < -0.39 is 18.0 Å². The van der Waals surface area contributed by atoms with Gasteiger partial charge in [0.1, 0.15) is 0 Å². The second kappa shape index (κ2) is 9.44. The number of carbonyl (C=O) groups is 2. The van der Waals surface area contributed by atoms with Crippen LogP contribution in [0.25, 0.3) is 0 Å². The minimum Gasteiger partial charge on any atom is -0.406 e. The molecule has 0 fully saturated rings. The number of rotatable bonds is 10. The molecule has 0 aromatic rings. The van der Waals surface area contributed by atoms with Gasteiger partial charge in [0, 0.05) is 12.3 Å². The lowest BCUT2D eigenvalue weighted by molar-refractivity contribution is -0.199. The molecule has 0 aromatic heterocycles. The Morgan fingerprint density at radius 1 is 1.00 bits per heavy atom. The van der Waals surface area contributed by atoms with Crippen LogP contribution in [0.1, 0.15) is 65.7 Å². The molecule has 4 N–H and O–H groups in total. The number of nitrogens with two attached hydrogens (primary N) is 2. The quantitative estimate of drug-likeness (QED) is 0.475. The van der Waals surface area contributed by atoms with Gasteiger partial charge in [0.05, 0.1) is 0 Å². The third kappa shape index (κ3) is 6.12. The average molecular weight is 288 g/mol. The number of primary amides is 2. The van der Waals surface area contributed by atoms with Crippen LogP contribution in [0.4, 0.5) is 9.59 Å². The average Bonchev–Trinajstić information content (AvgIpc) is 2.36. The molecule has 0 heterocycles. The summed E-state index contributed by atoms with van der Waals surface area (Å²) in [5.74, 6) is -1.46. The van der Waals surface area contributed by atoms with E-state index in [1.54, 1.807) is 6.92 Å². The van der Waals surface area contributed by atoms with Crippen molar-refractivity contribution in [1.82, 2.24) is 0 Å². The van der Waals surface area contributed by atoms with E-state index in [1.165, 1.54) is 0 Å². The molecule has 0 aromatic carbocycles. The maximum absolute atomic E-state index is 11.1. The molecule has 1 unspecified atom stereocenters. The normalized spacial score (nSPS) is 12.8. The van der Waals surface area contributed by atoms with Crippen LogP contribution in [0.15, 0.2) is 0 Å². The monoisotopic (exact) mass is 288 g/mol. The molecule has 6 nitrogen and oxygen atoms in total. The molecule has 1 atom stereocenters. The largest absolute Gasteiger partial charge is 0.407 e. The first-order valence-electron chi connectivity index (χ1n) is 7.38. The van der Waals surface area contributed by atoms with Crippen molar-refractivity contribution in [3.05, 3.63) is 0 Å². The molecule has 118 valence electrons. The van der Waals surface area contributed by atoms with Crippen molar-refractivity contribution >= 4 is 12.2 Å². The van der Waals surface area contributed by atoms with E-state index in [4.69, 9.17) is 20.9 Å². The van der Waals surface area contributed by atoms with Gasteiger partial charge in [0.25, 0.3) is 5.79 Å². The minimum absolute atomic E-state index is 0.107. The highest BCUT2D eigenvalue weighted by atomic mass is 16.7. The van der Waals surface area contributed by atoms with Gasteiger partial charge in [-0.1, -0.05) is 46.5 Å². The summed E-state index contributed by atoms with van der Waals surface area (Å²) in [6.45, 7) is 5.88. The van der Waals surface area contributed by atoms with Crippen molar-refractivity contribution in [2.75, 3.05) is 0 Å². The van der Waals surface area contributed by atoms with Gasteiger partial charge in [0.2, 0.25) is 0 Å². The molecule has 0 saturated heterocycles. The van der Waals surface area contributed by atoms with Crippen molar-refractivity contribution in [3.63, 3.8) is 0 Å². The Morgan fingerprint density at radius 2 is 1.55 bits per heavy atom. The number of hydrogen-bond acceptors (Lipinski definition) is 4. The zero-order valence-electron chi connectivity index (χ0n) is 12.8. The summed E-state index contributed by atoms with van der Waals surface area (Å²) < 4.78 is 10.2. The topological polar surface area (TPSA) is 105 Å². The maximum Gasteiger partial charge on any atom is 0.407 e. The summed E-state index contributed by atoms with van der Waals surface area (Å²) in [5, 5.41) is 0. The first kappa shape index (κ1) is 18.5. The van der Waals surface area contributed by atoms with E-state index in [-0.39, 0.29) is 5.92 Å². The van der Waals surface area contributed by atoms with Gasteiger partial charge in [-0.3, -0.25) is 0 Å². The second-order valence-electron chi connectivity index (χ2n) is 4.96. The number of carbonyl (C=O) groups excluding carboxylic acids is 2. The first-order chi connectivity index (χ1) is 9.41. The SMILES string of the molecule is CCCCCCC(CC)C(CC)(OC(N)=O)OC(N)=O. The highest BCUT2D eigenvalue weighted by Crippen LogP contribution is 2.34. The van der Waals surface area contributed by atoms with Crippen molar-refractivity contribution in [3.8, 4) is 0 Å². The van der Waals surface area contributed by atoms with E-state index in [2.05, 4.69) is 6.92 Å². The molecular weight excluding hydrogens is 260 g/mol. The van der Waals surface area contributed by atoms with Crippen molar-refractivity contribution < 1.29 is 19.1 Å². The van der Waals surface area contributed by atoms with Crippen LogP contribution in [-0.2, 0) is 9.47 Å². The molecule has 0 bridgehead atoms. The molecule has 2 amide bonds. The highest BCUT2D eigenvalue weighted by Gasteiger charge is 2.43. The van der Waals surface area contributed by atoms with Gasteiger partial charge < -0.3 is 20.9 Å². The number of hydrogen-bond donors (Lipinski definition) is 2. The van der Waals surface area contributed by atoms with Gasteiger partial charge in [-0.15, -0.1) is 0 Å². The molecule has 0 aliphatic carbocycles. The van der Waals surface area contributed by atoms with Gasteiger partial charge in [-0.2, -0.15) is 0 Å². The Kier molecular flexibility index (Phi) is 8.76. The zero-order chi connectivity index (χ0) is 15.6. The fraction of sp³-hybridized carbons (Fsp3) is 0.857. The van der Waals surface area contributed by atoms with E-state index in [0.29, 0.717) is 12.8 Å². The molecule has 0 spiro atoms. The Labute approximate surface area is 121 Å². The first-order valence-corrected chi connectivity index (χ1v) is 7.38. The van der Waals surface area contributed by atoms with Crippen molar-refractivity contribution in [2.45, 2.75) is 71.5 Å². The van der Waals surface area contributed by atoms with Crippen LogP contribution in [0.2, 0.25) is 0 Å². The van der Waals surface area contributed by atoms with Crippen LogP contribution < -0.4 is 11.5 Å². The second-order valence-corrected chi connectivity index (χ2v) is 4.96. The standard InChI is InChI=1S/C14H28N2O4/c1-4-7-8-9-10-11(5-2)14(6-3,19-12(15)17)20-13(16)18/h11H,4-10H2,1-3H3,(H2,15,17)(H2,16,18). The van der Waals surface area contributed by atoms with Crippen LogP contribution in [0, 0.1) is 5.92 Å². The van der Waals surface area contributed by atoms with Crippen LogP contribution in [0.3, 0.4) is 0 Å². The third-order valence-electron chi connectivity index (χ3n) is 3.56. The van der Waals surface area contributed by atoms with Crippen LogP contribution in [0.5, 0.6) is 0 Å². The molecule has 0 radical (unpaired) electrons. The predicted molar refractivity (Wildman–Crippen MR) is 76.9 cm³/mol. The highest BCUT2D eigenvalue weighted by molar-refractivity contribution is 5.67. The third-order valence-corrected chi connectivity index (χ3v) is 3.56. The lowest BCUT2D eigenvalue weighted by Gasteiger charge is -2.37. The Morgan fingerprint density at radius 3 is 1.90 bits per heavy atom. The van der Waals surface area contributed by atoms with Crippen molar-refractivity contribution in [2.24, 2.45) is 17.4 Å². The summed E-state index contributed by atoms with van der Waals surface area (Å²) in [7, 11) is 0.